The molecule has 4 fully saturated rings. The highest BCUT2D eigenvalue weighted by atomic mass is 16.5. The third-order valence-corrected chi connectivity index (χ3v) is 12.3. The number of aliphatic carboxylic acids is 2. The Morgan fingerprint density at radius 1 is 0.579 bits per heavy atom. The fourth-order valence-electron chi connectivity index (χ4n) is 10.1. The van der Waals surface area contributed by atoms with Gasteiger partial charge < -0.3 is 19.7 Å². The van der Waals surface area contributed by atoms with Crippen molar-refractivity contribution < 1.29 is 58.0 Å². The van der Waals surface area contributed by atoms with Crippen LogP contribution < -0.4 is 9.47 Å². The standard InChI is InChI=1S/C43H32N2O12/c46-34(47)19-44-36(50)30-11-1-23(14-32(30)38(44)52)40(54)56-28-7-3-25(4-8-28)42-16-22-13-27(18-42)43(17-22,21-42)26-5-9-29(10-6-26)57-41(55)24-2-12-31-33(15-24)39(53)45(37(31)51)20-35(48)49/h1-12,14-15,22,27H,13,16-21H2,(H,46,47)(H,48,49). The summed E-state index contributed by atoms with van der Waals surface area (Å²) in [5.74, 6) is -5.53. The molecule has 4 aromatic rings. The summed E-state index contributed by atoms with van der Waals surface area (Å²) in [6, 6.07) is 22.9. The summed E-state index contributed by atoms with van der Waals surface area (Å²) in [5, 5.41) is 18.1. The minimum absolute atomic E-state index is 0.0274. The maximum Gasteiger partial charge on any atom is 0.343 e. The van der Waals surface area contributed by atoms with Crippen molar-refractivity contribution in [2.24, 2.45) is 11.8 Å². The van der Waals surface area contributed by atoms with E-state index < -0.39 is 60.6 Å². The zero-order chi connectivity index (χ0) is 40.0. The molecule has 4 aliphatic carbocycles. The summed E-state index contributed by atoms with van der Waals surface area (Å²) >= 11 is 0. The Balaban J connectivity index is 0.869. The van der Waals surface area contributed by atoms with Crippen molar-refractivity contribution in [1.82, 2.24) is 9.80 Å². The molecule has 4 aromatic carbocycles. The summed E-state index contributed by atoms with van der Waals surface area (Å²) < 4.78 is 11.3. The molecule has 0 saturated heterocycles. The Morgan fingerprint density at radius 2 is 1.04 bits per heavy atom. The number of imide groups is 2. The summed E-state index contributed by atoms with van der Waals surface area (Å²) in [4.78, 5) is 100. The predicted octanol–water partition coefficient (Wildman–Crippen LogP) is 4.89. The Morgan fingerprint density at radius 3 is 1.51 bits per heavy atom. The van der Waals surface area contributed by atoms with E-state index in [1.54, 1.807) is 24.3 Å². The first-order valence-corrected chi connectivity index (χ1v) is 18.3. The van der Waals surface area contributed by atoms with Gasteiger partial charge in [-0.1, -0.05) is 24.3 Å². The van der Waals surface area contributed by atoms with E-state index in [1.807, 2.05) is 24.3 Å². The molecule has 0 spiro atoms. The lowest BCUT2D eigenvalue weighted by atomic mass is 9.62. The number of hydrogen-bond acceptors (Lipinski definition) is 10. The second-order valence-electron chi connectivity index (χ2n) is 15.6. The van der Waals surface area contributed by atoms with E-state index in [9.17, 15) is 38.4 Å². The van der Waals surface area contributed by atoms with Gasteiger partial charge >= 0.3 is 23.9 Å². The number of rotatable bonds is 10. The van der Waals surface area contributed by atoms with Crippen molar-refractivity contribution in [1.29, 1.82) is 0 Å². The Kier molecular flexibility index (Phi) is 8.02. The van der Waals surface area contributed by atoms with Crippen LogP contribution in [-0.4, -0.2) is 80.6 Å². The van der Waals surface area contributed by atoms with Crippen LogP contribution in [0.2, 0.25) is 0 Å². The summed E-state index contributed by atoms with van der Waals surface area (Å²) in [5.41, 5.74) is 2.25. The van der Waals surface area contributed by atoms with Gasteiger partial charge in [0, 0.05) is 0 Å². The average molecular weight is 769 g/mol. The van der Waals surface area contributed by atoms with Gasteiger partial charge in [-0.25, -0.2) is 9.59 Å². The highest BCUT2D eigenvalue weighted by Crippen LogP contribution is 2.71. The zero-order valence-corrected chi connectivity index (χ0v) is 30.1. The van der Waals surface area contributed by atoms with Gasteiger partial charge in [-0.15, -0.1) is 0 Å². The molecule has 2 aliphatic heterocycles. The molecule has 4 bridgehead atoms. The van der Waals surface area contributed by atoms with Crippen LogP contribution in [0.25, 0.3) is 0 Å². The minimum Gasteiger partial charge on any atom is -0.480 e. The van der Waals surface area contributed by atoms with Gasteiger partial charge in [0.05, 0.1) is 33.4 Å². The van der Waals surface area contributed by atoms with E-state index in [4.69, 9.17) is 19.7 Å². The number of carboxylic acids is 2. The quantitative estimate of drug-likeness (QED) is 0.126. The molecule has 10 rings (SSSR count). The van der Waals surface area contributed by atoms with Gasteiger partial charge in [0.2, 0.25) is 0 Å². The topological polar surface area (TPSA) is 202 Å². The van der Waals surface area contributed by atoms with Crippen molar-refractivity contribution in [3.8, 4) is 11.5 Å². The number of nitrogens with zero attached hydrogens (tertiary/aromatic N) is 2. The normalized spacial score (nSPS) is 23.9. The van der Waals surface area contributed by atoms with Crippen LogP contribution >= 0.6 is 0 Å². The molecule has 0 aromatic heterocycles. The monoisotopic (exact) mass is 768 g/mol. The van der Waals surface area contributed by atoms with Crippen LogP contribution in [0, 0.1) is 11.8 Å². The van der Waals surface area contributed by atoms with E-state index in [0.29, 0.717) is 33.1 Å². The van der Waals surface area contributed by atoms with Gasteiger partial charge in [0.1, 0.15) is 24.6 Å². The van der Waals surface area contributed by atoms with E-state index in [0.717, 1.165) is 37.7 Å². The van der Waals surface area contributed by atoms with Crippen molar-refractivity contribution in [2.75, 3.05) is 13.1 Å². The average Bonchev–Trinajstić information content (AvgIpc) is 3.77. The highest BCUT2D eigenvalue weighted by molar-refractivity contribution is 6.23. The number of benzene rings is 4. The molecule has 0 radical (unpaired) electrons. The maximum absolute atomic E-state index is 13.1. The number of carbonyl (C=O) groups excluding carboxylic acids is 6. The van der Waals surface area contributed by atoms with Gasteiger partial charge in [-0.05, 0) is 127 Å². The molecule has 2 heterocycles. The van der Waals surface area contributed by atoms with Crippen molar-refractivity contribution in [3.05, 3.63) is 129 Å². The number of amides is 4. The van der Waals surface area contributed by atoms with Crippen molar-refractivity contribution >= 4 is 47.5 Å². The molecular weight excluding hydrogens is 736 g/mol. The van der Waals surface area contributed by atoms with Crippen LogP contribution in [0.5, 0.6) is 11.5 Å². The van der Waals surface area contributed by atoms with E-state index >= 15 is 0 Å². The SMILES string of the molecule is O=C(O)CN1C(=O)c2ccc(C(=O)Oc3ccc(C45CC6CC(C4)C(c4ccc(OC(=O)c7ccc8c(c7)C(=O)N(CC(=O)O)C8=O)cc4)(C6)C5)cc3)cc2C1=O. The highest BCUT2D eigenvalue weighted by Gasteiger charge is 2.64. The largest absolute Gasteiger partial charge is 0.480 e. The molecule has 286 valence electrons. The second-order valence-corrected chi connectivity index (χ2v) is 15.6. The molecule has 4 amide bonds. The third-order valence-electron chi connectivity index (χ3n) is 12.3. The fraction of sp³-hybridized carbons (Fsp3) is 0.256. The Hall–Kier alpha value is -6.96. The lowest BCUT2D eigenvalue weighted by molar-refractivity contribution is -0.138. The van der Waals surface area contributed by atoms with Gasteiger partial charge in [0.15, 0.2) is 0 Å². The Bertz CT molecular complexity index is 2510. The first-order chi connectivity index (χ1) is 27.2. The fourth-order valence-corrected chi connectivity index (χ4v) is 10.1. The zero-order valence-electron chi connectivity index (χ0n) is 30.1. The van der Waals surface area contributed by atoms with Crippen LogP contribution in [0.1, 0.15) is 105 Å². The summed E-state index contributed by atoms with van der Waals surface area (Å²) in [6.07, 6.45) is 5.16. The first kappa shape index (κ1) is 35.7. The minimum atomic E-state index is -1.33. The maximum atomic E-state index is 13.1. The molecule has 57 heavy (non-hydrogen) atoms. The number of carboxylic acid groups (broad SMARTS) is 2. The van der Waals surface area contributed by atoms with Crippen molar-refractivity contribution in [3.63, 3.8) is 0 Å². The van der Waals surface area contributed by atoms with Crippen molar-refractivity contribution in [2.45, 2.75) is 42.9 Å². The predicted molar refractivity (Wildman–Crippen MR) is 195 cm³/mol. The molecule has 4 atom stereocenters. The molecule has 2 N–H and O–H groups in total. The smallest absolute Gasteiger partial charge is 0.343 e. The van der Waals surface area contributed by atoms with E-state index in [1.165, 1.54) is 42.0 Å². The molecule has 4 saturated carbocycles. The van der Waals surface area contributed by atoms with E-state index in [2.05, 4.69) is 0 Å². The van der Waals surface area contributed by atoms with Gasteiger partial charge in [-0.3, -0.25) is 38.6 Å². The van der Waals surface area contributed by atoms with E-state index in [-0.39, 0.29) is 44.2 Å². The van der Waals surface area contributed by atoms with Crippen LogP contribution in [0.4, 0.5) is 0 Å². The lowest BCUT2D eigenvalue weighted by Crippen LogP contribution is -2.35. The number of fused-ring (bicyclic) bond motifs is 2. The first-order valence-electron chi connectivity index (χ1n) is 18.3. The van der Waals surface area contributed by atoms with Gasteiger partial charge in [-0.2, -0.15) is 0 Å². The lowest BCUT2D eigenvalue weighted by Gasteiger charge is -2.42. The summed E-state index contributed by atoms with van der Waals surface area (Å²) in [6.45, 7) is -1.55. The molecule has 14 nitrogen and oxygen atoms in total. The second kappa shape index (κ2) is 12.8. The van der Waals surface area contributed by atoms with Crippen LogP contribution in [-0.2, 0) is 20.4 Å². The Labute approximate surface area is 323 Å². The molecule has 4 unspecified atom stereocenters. The number of esters is 2. The third kappa shape index (κ3) is 5.69. The van der Waals surface area contributed by atoms with Gasteiger partial charge in [0.25, 0.3) is 23.6 Å². The number of hydrogen-bond donors (Lipinski definition) is 2. The molecule has 14 heteroatoms. The van der Waals surface area contributed by atoms with Crippen LogP contribution in [0.15, 0.2) is 84.9 Å². The summed E-state index contributed by atoms with van der Waals surface area (Å²) in [7, 11) is 0. The molecular formula is C43H32N2O12. The van der Waals surface area contributed by atoms with Crippen LogP contribution in [0.3, 0.4) is 0 Å². The number of carbonyl (C=O) groups is 8. The molecule has 6 aliphatic rings. The number of ether oxygens (including phenoxy) is 2.